The molecule has 0 saturated heterocycles. The van der Waals surface area contributed by atoms with E-state index < -0.39 is 0 Å². The second-order valence-corrected chi connectivity index (χ2v) is 10.7. The highest BCUT2D eigenvalue weighted by Crippen LogP contribution is 2.38. The number of hydrogen-bond donors (Lipinski definition) is 0. The molecule has 2 aromatic rings. The van der Waals surface area contributed by atoms with E-state index >= 15 is 0 Å². The first-order valence-electron chi connectivity index (χ1n) is 13.4. The first kappa shape index (κ1) is 26.7. The van der Waals surface area contributed by atoms with E-state index in [0.717, 1.165) is 36.0 Å². The van der Waals surface area contributed by atoms with Crippen LogP contribution in [0.1, 0.15) is 94.6 Å². The number of ether oxygens (including phenoxy) is 2. The smallest absolute Gasteiger partial charge is 0.127 e. The molecule has 3 rings (SSSR count). The molecule has 0 aliphatic heterocycles. The van der Waals surface area contributed by atoms with Crippen molar-refractivity contribution in [1.29, 1.82) is 0 Å². The minimum atomic E-state index is 0.670. The quantitative estimate of drug-likeness (QED) is 0.187. The molecular formula is C31H44O2S. The summed E-state index contributed by atoms with van der Waals surface area (Å²) in [6.45, 7) is 7.21. The van der Waals surface area contributed by atoms with E-state index in [4.69, 9.17) is 9.47 Å². The highest BCUT2D eigenvalue weighted by molar-refractivity contribution is 7.98. The predicted molar refractivity (Wildman–Crippen MR) is 149 cm³/mol. The molecule has 0 bridgehead atoms. The summed E-state index contributed by atoms with van der Waals surface area (Å²) in [6, 6.07) is 16.8. The van der Waals surface area contributed by atoms with Crippen LogP contribution in [0.15, 0.2) is 55.1 Å². The summed E-state index contributed by atoms with van der Waals surface area (Å²) in [5.74, 6) is 5.33. The SMILES string of the molecule is C=C(Oc1ccc(C2CCC(CCCCC)CC2)cc1)c1ccc(OCCCCCSC)cc1. The summed E-state index contributed by atoms with van der Waals surface area (Å²) in [6.07, 6.45) is 16.8. The van der Waals surface area contributed by atoms with E-state index in [2.05, 4.69) is 44.0 Å². The number of thioether (sulfide) groups is 1. The van der Waals surface area contributed by atoms with Crippen LogP contribution in [-0.2, 0) is 0 Å². The Labute approximate surface area is 212 Å². The molecule has 1 aliphatic carbocycles. The molecule has 0 heterocycles. The van der Waals surface area contributed by atoms with Crippen molar-refractivity contribution < 1.29 is 9.47 Å². The molecule has 0 atom stereocenters. The molecule has 186 valence electrons. The molecule has 34 heavy (non-hydrogen) atoms. The normalized spacial score (nSPS) is 17.9. The van der Waals surface area contributed by atoms with Crippen molar-refractivity contribution in [2.24, 2.45) is 5.92 Å². The summed E-state index contributed by atoms with van der Waals surface area (Å²) in [7, 11) is 0. The molecule has 0 unspecified atom stereocenters. The van der Waals surface area contributed by atoms with Crippen LogP contribution >= 0.6 is 11.8 Å². The number of benzene rings is 2. The lowest BCUT2D eigenvalue weighted by molar-refractivity contribution is 0.302. The van der Waals surface area contributed by atoms with Gasteiger partial charge < -0.3 is 9.47 Å². The van der Waals surface area contributed by atoms with Crippen molar-refractivity contribution in [3.8, 4) is 11.5 Å². The second kappa shape index (κ2) is 15.2. The Bertz CT molecular complexity index is 820. The first-order valence-corrected chi connectivity index (χ1v) is 14.8. The van der Waals surface area contributed by atoms with Gasteiger partial charge in [-0.15, -0.1) is 0 Å². The van der Waals surface area contributed by atoms with Gasteiger partial charge in [-0.1, -0.05) is 51.3 Å². The molecule has 0 amide bonds. The van der Waals surface area contributed by atoms with Crippen LogP contribution in [-0.4, -0.2) is 18.6 Å². The Hall–Kier alpha value is -1.87. The third-order valence-electron chi connectivity index (χ3n) is 7.09. The number of unbranched alkanes of at least 4 members (excludes halogenated alkanes) is 4. The third kappa shape index (κ3) is 9.06. The van der Waals surface area contributed by atoms with E-state index in [1.54, 1.807) is 0 Å². The van der Waals surface area contributed by atoms with Gasteiger partial charge in [0.05, 0.1) is 6.61 Å². The average molecular weight is 481 g/mol. The fraction of sp³-hybridized carbons (Fsp3) is 0.548. The van der Waals surface area contributed by atoms with Gasteiger partial charge in [0.1, 0.15) is 17.3 Å². The monoisotopic (exact) mass is 480 g/mol. The van der Waals surface area contributed by atoms with E-state index in [-0.39, 0.29) is 0 Å². The molecule has 3 heteroatoms. The molecule has 1 saturated carbocycles. The predicted octanol–water partition coefficient (Wildman–Crippen LogP) is 9.50. The molecule has 0 radical (unpaired) electrons. The lowest BCUT2D eigenvalue weighted by Gasteiger charge is -2.29. The van der Waals surface area contributed by atoms with Gasteiger partial charge >= 0.3 is 0 Å². The Morgan fingerprint density at radius 3 is 2.24 bits per heavy atom. The fourth-order valence-electron chi connectivity index (χ4n) is 4.93. The van der Waals surface area contributed by atoms with Gasteiger partial charge in [0.2, 0.25) is 0 Å². The number of rotatable bonds is 15. The highest BCUT2D eigenvalue weighted by Gasteiger charge is 2.22. The van der Waals surface area contributed by atoms with Crippen LogP contribution in [0.5, 0.6) is 11.5 Å². The molecular weight excluding hydrogens is 436 g/mol. The zero-order valence-corrected chi connectivity index (χ0v) is 22.2. The Kier molecular flexibility index (Phi) is 11.9. The van der Waals surface area contributed by atoms with Crippen molar-refractivity contribution in [2.45, 2.75) is 83.5 Å². The van der Waals surface area contributed by atoms with Gasteiger partial charge in [0.25, 0.3) is 0 Å². The van der Waals surface area contributed by atoms with Crippen molar-refractivity contribution in [3.63, 3.8) is 0 Å². The van der Waals surface area contributed by atoms with E-state index in [0.29, 0.717) is 11.7 Å². The van der Waals surface area contributed by atoms with Crippen LogP contribution in [0.4, 0.5) is 0 Å². The van der Waals surface area contributed by atoms with Crippen LogP contribution < -0.4 is 9.47 Å². The van der Waals surface area contributed by atoms with Crippen molar-refractivity contribution >= 4 is 17.5 Å². The third-order valence-corrected chi connectivity index (χ3v) is 7.79. The molecule has 0 spiro atoms. The standard InChI is InChI=1S/C31H44O2S/c1-4-5-7-10-26-11-13-28(14-12-26)29-17-21-31(22-18-29)33-25(2)27-15-19-30(20-16-27)32-23-8-6-9-24-34-3/h15-22,26,28H,2,4-14,23-24H2,1,3H3. The minimum Gasteiger partial charge on any atom is -0.494 e. The van der Waals surface area contributed by atoms with Crippen molar-refractivity contribution in [3.05, 3.63) is 66.2 Å². The fourth-order valence-corrected chi connectivity index (χ4v) is 5.42. The Balaban J connectivity index is 1.40. The van der Waals surface area contributed by atoms with E-state index in [1.807, 2.05) is 36.0 Å². The number of hydrogen-bond acceptors (Lipinski definition) is 3. The van der Waals surface area contributed by atoms with E-state index in [1.165, 1.54) is 75.5 Å². The highest BCUT2D eigenvalue weighted by atomic mass is 32.2. The van der Waals surface area contributed by atoms with Crippen LogP contribution in [0.25, 0.3) is 5.76 Å². The Morgan fingerprint density at radius 1 is 0.853 bits per heavy atom. The lowest BCUT2D eigenvalue weighted by Crippen LogP contribution is -2.13. The van der Waals surface area contributed by atoms with Gasteiger partial charge in [-0.05, 0) is 111 Å². The summed E-state index contributed by atoms with van der Waals surface area (Å²) >= 11 is 1.91. The maximum atomic E-state index is 6.05. The summed E-state index contributed by atoms with van der Waals surface area (Å²) in [5, 5.41) is 0. The van der Waals surface area contributed by atoms with Crippen LogP contribution in [0, 0.1) is 5.92 Å². The van der Waals surface area contributed by atoms with Crippen molar-refractivity contribution in [2.75, 3.05) is 18.6 Å². The molecule has 1 aliphatic rings. The molecule has 0 N–H and O–H groups in total. The zero-order valence-electron chi connectivity index (χ0n) is 21.4. The van der Waals surface area contributed by atoms with Crippen molar-refractivity contribution in [1.82, 2.24) is 0 Å². The van der Waals surface area contributed by atoms with E-state index in [9.17, 15) is 0 Å². The summed E-state index contributed by atoms with van der Waals surface area (Å²) in [4.78, 5) is 0. The maximum Gasteiger partial charge on any atom is 0.127 e. The average Bonchev–Trinajstić information content (AvgIpc) is 2.87. The first-order chi connectivity index (χ1) is 16.7. The van der Waals surface area contributed by atoms with Gasteiger partial charge in [-0.2, -0.15) is 11.8 Å². The zero-order chi connectivity index (χ0) is 24.0. The minimum absolute atomic E-state index is 0.670. The molecule has 0 aromatic heterocycles. The molecule has 1 fully saturated rings. The maximum absolute atomic E-state index is 6.05. The summed E-state index contributed by atoms with van der Waals surface area (Å²) in [5.41, 5.74) is 2.44. The molecule has 2 nitrogen and oxygen atoms in total. The lowest BCUT2D eigenvalue weighted by atomic mass is 9.77. The van der Waals surface area contributed by atoms with Gasteiger partial charge in [0, 0.05) is 5.56 Å². The Morgan fingerprint density at radius 2 is 1.56 bits per heavy atom. The molecule has 2 aromatic carbocycles. The topological polar surface area (TPSA) is 18.5 Å². The van der Waals surface area contributed by atoms with Gasteiger partial charge in [0.15, 0.2) is 0 Å². The second-order valence-electron chi connectivity index (χ2n) is 9.73. The summed E-state index contributed by atoms with van der Waals surface area (Å²) < 4.78 is 11.9. The van der Waals surface area contributed by atoms with Crippen LogP contribution in [0.2, 0.25) is 0 Å². The largest absolute Gasteiger partial charge is 0.494 e. The van der Waals surface area contributed by atoms with Gasteiger partial charge in [-0.3, -0.25) is 0 Å². The van der Waals surface area contributed by atoms with Gasteiger partial charge in [-0.25, -0.2) is 0 Å². The van der Waals surface area contributed by atoms with Crippen LogP contribution in [0.3, 0.4) is 0 Å².